The fraction of sp³-hybridized carbons (Fsp3) is 0.0952. The molecule has 0 bridgehead atoms. The Bertz CT molecular complexity index is 1150. The van der Waals surface area contributed by atoms with Gasteiger partial charge < -0.3 is 15.0 Å². The first kappa shape index (κ1) is 16.5. The number of aromatic nitrogens is 1. The monoisotopic (exact) mass is 363 g/mol. The molecule has 0 fully saturated rings. The zero-order chi connectivity index (χ0) is 18.3. The van der Waals surface area contributed by atoms with Crippen molar-refractivity contribution < 1.29 is 9.53 Å². The van der Waals surface area contributed by atoms with Crippen molar-refractivity contribution in [1.29, 1.82) is 0 Å². The van der Waals surface area contributed by atoms with Crippen molar-refractivity contribution >= 4 is 39.3 Å². The van der Waals surface area contributed by atoms with Gasteiger partial charge in [0.25, 0.3) is 0 Å². The molecule has 1 radical (unpaired) electrons. The van der Waals surface area contributed by atoms with Crippen molar-refractivity contribution in [3.63, 3.8) is 0 Å². The average molecular weight is 364 g/mol. The molecule has 0 aliphatic carbocycles. The Hall–Kier alpha value is -2.98. The van der Waals surface area contributed by atoms with Crippen molar-refractivity contribution in [1.82, 2.24) is 4.57 Å². The lowest BCUT2D eigenvalue weighted by Crippen LogP contribution is -2.11. The van der Waals surface area contributed by atoms with E-state index < -0.39 is 5.91 Å². The van der Waals surface area contributed by atoms with Gasteiger partial charge in [-0.1, -0.05) is 41.9 Å². The first-order chi connectivity index (χ1) is 12.6. The van der Waals surface area contributed by atoms with E-state index in [2.05, 4.69) is 10.6 Å². The van der Waals surface area contributed by atoms with Gasteiger partial charge in [0.1, 0.15) is 5.75 Å². The number of carbonyl (C=O) groups excluding carboxylic acids is 1. The van der Waals surface area contributed by atoms with E-state index >= 15 is 0 Å². The standard InChI is InChI=1S/C21H16ClN2O2/c1-26-18-11-3-2-6-13(18)12-24-17-10-5-8-15(21(23)25)19(17)14-7-4-9-16(22)20(14)24/h2-6,8-11H,12H2,1H3,(H2,23,25). The van der Waals surface area contributed by atoms with E-state index in [0.717, 1.165) is 33.1 Å². The third kappa shape index (κ3) is 2.50. The van der Waals surface area contributed by atoms with Crippen molar-refractivity contribution in [2.75, 3.05) is 7.11 Å². The number of fused-ring (bicyclic) bond motifs is 3. The number of halogens is 1. The van der Waals surface area contributed by atoms with Crippen molar-refractivity contribution in [2.24, 2.45) is 5.73 Å². The number of hydrogen-bond acceptors (Lipinski definition) is 2. The van der Waals surface area contributed by atoms with Crippen LogP contribution in [0.5, 0.6) is 5.75 Å². The van der Waals surface area contributed by atoms with Gasteiger partial charge in [0.15, 0.2) is 0 Å². The summed E-state index contributed by atoms with van der Waals surface area (Å²) in [4.78, 5) is 12.0. The van der Waals surface area contributed by atoms with Crippen LogP contribution in [-0.4, -0.2) is 17.6 Å². The average Bonchev–Trinajstić information content (AvgIpc) is 2.97. The van der Waals surface area contributed by atoms with Crippen LogP contribution in [0.2, 0.25) is 5.02 Å². The minimum atomic E-state index is -0.472. The van der Waals surface area contributed by atoms with Crippen molar-refractivity contribution in [2.45, 2.75) is 6.54 Å². The minimum absolute atomic E-state index is 0.463. The normalized spacial score (nSPS) is 11.2. The fourth-order valence-corrected chi connectivity index (χ4v) is 3.70. The van der Waals surface area contributed by atoms with Crippen LogP contribution in [0.15, 0.2) is 54.6 Å². The predicted molar refractivity (Wildman–Crippen MR) is 104 cm³/mol. The lowest BCUT2D eigenvalue weighted by Gasteiger charge is -2.12. The number of benzene rings is 3. The molecule has 0 atom stereocenters. The second kappa shape index (κ2) is 6.39. The summed E-state index contributed by atoms with van der Waals surface area (Å²) in [5.41, 5.74) is 8.78. The molecule has 4 nitrogen and oxygen atoms in total. The second-order valence-corrected chi connectivity index (χ2v) is 6.42. The molecule has 4 aromatic rings. The summed E-state index contributed by atoms with van der Waals surface area (Å²) in [6.45, 7) is 0.545. The summed E-state index contributed by atoms with van der Waals surface area (Å²) in [6.07, 6.45) is 0. The highest BCUT2D eigenvalue weighted by molar-refractivity contribution is 6.36. The van der Waals surface area contributed by atoms with Crippen LogP contribution >= 0.6 is 11.6 Å². The van der Waals surface area contributed by atoms with Crippen LogP contribution < -0.4 is 10.5 Å². The summed E-state index contributed by atoms with van der Waals surface area (Å²) in [5, 5.41) is 2.16. The highest BCUT2D eigenvalue weighted by Crippen LogP contribution is 2.36. The van der Waals surface area contributed by atoms with Crippen LogP contribution in [0.4, 0.5) is 0 Å². The molecule has 1 amide bonds. The Balaban J connectivity index is 2.07. The maximum Gasteiger partial charge on any atom is 0.249 e. The maximum atomic E-state index is 12.0. The number of ether oxygens (including phenoxy) is 1. The van der Waals surface area contributed by atoms with E-state index in [-0.39, 0.29) is 0 Å². The Morgan fingerprint density at radius 3 is 2.77 bits per heavy atom. The number of rotatable bonds is 4. The number of para-hydroxylation sites is 1. The summed E-state index contributed by atoms with van der Waals surface area (Å²) in [6, 6.07) is 20.1. The first-order valence-corrected chi connectivity index (χ1v) is 8.52. The molecule has 2 N–H and O–H groups in total. The Labute approximate surface area is 155 Å². The maximum absolute atomic E-state index is 12.0. The molecular formula is C21H16ClN2O2. The summed E-state index contributed by atoms with van der Waals surface area (Å²) >= 11 is 6.52. The topological polar surface area (TPSA) is 57.2 Å². The third-order valence-electron chi connectivity index (χ3n) is 4.56. The van der Waals surface area contributed by atoms with Crippen LogP contribution in [0.1, 0.15) is 15.9 Å². The number of nitrogens with zero attached hydrogens (tertiary/aromatic N) is 1. The predicted octanol–water partition coefficient (Wildman–Crippen LogP) is 4.40. The molecule has 1 heterocycles. The lowest BCUT2D eigenvalue weighted by molar-refractivity contribution is 0.100. The molecule has 0 aliphatic rings. The molecule has 1 aromatic heterocycles. The van der Waals surface area contributed by atoms with Gasteiger partial charge in [-0.2, -0.15) is 0 Å². The van der Waals surface area contributed by atoms with E-state index in [4.69, 9.17) is 22.1 Å². The molecule has 0 unspecified atom stereocenters. The minimum Gasteiger partial charge on any atom is -0.496 e. The van der Waals surface area contributed by atoms with Gasteiger partial charge in [0, 0.05) is 21.9 Å². The largest absolute Gasteiger partial charge is 0.496 e. The highest BCUT2D eigenvalue weighted by atomic mass is 35.5. The fourth-order valence-electron chi connectivity index (χ4n) is 3.44. The second-order valence-electron chi connectivity index (χ2n) is 6.01. The Morgan fingerprint density at radius 1 is 1.19 bits per heavy atom. The van der Waals surface area contributed by atoms with E-state index in [0.29, 0.717) is 17.1 Å². The van der Waals surface area contributed by atoms with Gasteiger partial charge >= 0.3 is 0 Å². The van der Waals surface area contributed by atoms with Crippen LogP contribution in [0, 0.1) is 6.07 Å². The number of methoxy groups -OCH3 is 1. The number of primary amides is 1. The zero-order valence-electron chi connectivity index (χ0n) is 14.1. The third-order valence-corrected chi connectivity index (χ3v) is 4.86. The van der Waals surface area contributed by atoms with Crippen molar-refractivity contribution in [3.05, 3.63) is 76.8 Å². The molecule has 0 saturated carbocycles. The van der Waals surface area contributed by atoms with Gasteiger partial charge in [0.05, 0.1) is 29.7 Å². The number of hydrogen-bond donors (Lipinski definition) is 1. The van der Waals surface area contributed by atoms with E-state index in [1.807, 2.05) is 36.4 Å². The lowest BCUT2D eigenvalue weighted by atomic mass is 10.1. The molecule has 26 heavy (non-hydrogen) atoms. The first-order valence-electron chi connectivity index (χ1n) is 8.14. The summed E-state index contributed by atoms with van der Waals surface area (Å²) in [7, 11) is 1.65. The summed E-state index contributed by atoms with van der Waals surface area (Å²) < 4.78 is 7.56. The highest BCUT2D eigenvalue weighted by Gasteiger charge is 2.19. The van der Waals surface area contributed by atoms with Gasteiger partial charge in [-0.25, -0.2) is 0 Å². The summed E-state index contributed by atoms with van der Waals surface area (Å²) in [5.74, 6) is 0.324. The van der Waals surface area contributed by atoms with Crippen LogP contribution in [-0.2, 0) is 6.54 Å². The number of nitrogens with two attached hydrogens (primary N) is 1. The molecule has 0 saturated heterocycles. The molecule has 0 spiro atoms. The van der Waals surface area contributed by atoms with E-state index in [1.165, 1.54) is 0 Å². The van der Waals surface area contributed by atoms with E-state index in [1.54, 1.807) is 25.3 Å². The molecule has 4 rings (SSSR count). The SMILES string of the molecule is COc1ccccc1Cn1c2cccc(C(N)=O)c2c2[c]ccc(Cl)c21. The molecular weight excluding hydrogens is 348 g/mol. The van der Waals surface area contributed by atoms with Gasteiger partial charge in [-0.3, -0.25) is 4.79 Å². The van der Waals surface area contributed by atoms with Gasteiger partial charge in [0.2, 0.25) is 5.91 Å². The molecule has 3 aromatic carbocycles. The van der Waals surface area contributed by atoms with E-state index in [9.17, 15) is 4.79 Å². The van der Waals surface area contributed by atoms with Gasteiger partial charge in [-0.15, -0.1) is 0 Å². The van der Waals surface area contributed by atoms with Crippen molar-refractivity contribution in [3.8, 4) is 5.75 Å². The molecule has 0 aliphatic heterocycles. The van der Waals surface area contributed by atoms with Crippen LogP contribution in [0.3, 0.4) is 0 Å². The Morgan fingerprint density at radius 2 is 2.00 bits per heavy atom. The number of amides is 1. The molecule has 5 heteroatoms. The quantitative estimate of drug-likeness (QED) is 0.584. The number of carbonyl (C=O) groups is 1. The zero-order valence-corrected chi connectivity index (χ0v) is 14.9. The van der Waals surface area contributed by atoms with Crippen LogP contribution in [0.25, 0.3) is 21.8 Å². The van der Waals surface area contributed by atoms with Gasteiger partial charge in [-0.05, 0) is 30.3 Å². The smallest absolute Gasteiger partial charge is 0.249 e. The molecule has 129 valence electrons. The Kier molecular flexibility index (Phi) is 4.05.